The molecular weight excluding hydrogens is 404 g/mol. The van der Waals surface area contributed by atoms with Crippen molar-refractivity contribution < 1.29 is 13.5 Å². The fourth-order valence-electron chi connectivity index (χ4n) is 3.88. The van der Waals surface area contributed by atoms with E-state index in [1.165, 1.54) is 12.1 Å². The average Bonchev–Trinajstić information content (AvgIpc) is 3.42. The van der Waals surface area contributed by atoms with Crippen LogP contribution in [0, 0.1) is 0 Å². The lowest BCUT2D eigenvalue weighted by atomic mass is 10.0. The molecule has 10 heteroatoms. The van der Waals surface area contributed by atoms with Crippen molar-refractivity contribution in [3.63, 3.8) is 0 Å². The number of fused-ring (bicyclic) bond motifs is 1. The lowest BCUT2D eigenvalue weighted by molar-refractivity contribution is 0.00302. The number of alkyl halides is 2. The minimum absolute atomic E-state index is 0.120. The van der Waals surface area contributed by atoms with Crippen molar-refractivity contribution in [1.29, 1.82) is 0 Å². The molecule has 1 fully saturated rings. The first-order valence-corrected chi connectivity index (χ1v) is 9.92. The van der Waals surface area contributed by atoms with Crippen molar-refractivity contribution in [3.8, 4) is 16.9 Å². The highest BCUT2D eigenvalue weighted by Gasteiger charge is 2.27. The van der Waals surface area contributed by atoms with E-state index in [1.54, 1.807) is 35.3 Å². The predicted molar refractivity (Wildman–Crippen MR) is 112 cm³/mol. The van der Waals surface area contributed by atoms with Crippen molar-refractivity contribution in [1.82, 2.24) is 25.0 Å². The van der Waals surface area contributed by atoms with Gasteiger partial charge in [-0.1, -0.05) is 18.2 Å². The maximum atomic E-state index is 13.8. The molecule has 0 unspecified atom stereocenters. The number of nitrogens with two attached hydrogens (primary N) is 1. The molecule has 1 atom stereocenters. The minimum atomic E-state index is -3.43. The summed E-state index contributed by atoms with van der Waals surface area (Å²) in [7, 11) is 0. The number of benzene rings is 1. The fourth-order valence-corrected chi connectivity index (χ4v) is 3.88. The predicted octanol–water partition coefficient (Wildman–Crippen LogP) is 3.04. The molecule has 3 aromatic heterocycles. The second kappa shape index (κ2) is 7.40. The first-order chi connectivity index (χ1) is 14.9. The maximum Gasteiger partial charge on any atom is 0.326 e. The monoisotopic (exact) mass is 425 g/mol. The van der Waals surface area contributed by atoms with Gasteiger partial charge in [0.25, 0.3) is 0 Å². The molecule has 4 aromatic rings. The van der Waals surface area contributed by atoms with E-state index in [0.29, 0.717) is 36.8 Å². The van der Waals surface area contributed by atoms with Crippen molar-refractivity contribution >= 4 is 16.9 Å². The molecule has 1 aliphatic rings. The highest BCUT2D eigenvalue weighted by Crippen LogP contribution is 2.35. The van der Waals surface area contributed by atoms with Gasteiger partial charge in [0.1, 0.15) is 5.82 Å². The normalized spacial score (nSPS) is 17.4. The highest BCUT2D eigenvalue weighted by atomic mass is 19.3. The Morgan fingerprint density at radius 1 is 1.26 bits per heavy atom. The number of hydrogen-bond donors (Lipinski definition) is 2. The number of morpholine rings is 1. The molecule has 31 heavy (non-hydrogen) atoms. The van der Waals surface area contributed by atoms with Gasteiger partial charge >= 0.3 is 6.05 Å². The van der Waals surface area contributed by atoms with Gasteiger partial charge in [-0.25, -0.2) is 4.98 Å². The molecule has 5 rings (SSSR count). The molecule has 0 amide bonds. The molecule has 4 heterocycles. The van der Waals surface area contributed by atoms with Crippen LogP contribution in [-0.2, 0) is 10.8 Å². The van der Waals surface area contributed by atoms with Crippen LogP contribution < -0.4 is 10.6 Å². The van der Waals surface area contributed by atoms with E-state index < -0.39 is 6.05 Å². The van der Waals surface area contributed by atoms with Crippen LogP contribution >= 0.6 is 0 Å². The van der Waals surface area contributed by atoms with Crippen LogP contribution in [0.15, 0.2) is 48.8 Å². The molecule has 3 N–H and O–H groups in total. The van der Waals surface area contributed by atoms with E-state index in [2.05, 4.69) is 27.1 Å². The van der Waals surface area contributed by atoms with Crippen LogP contribution in [0.3, 0.4) is 0 Å². The number of aromatic nitrogens is 5. The number of nitrogens with one attached hydrogen (secondary N) is 1. The summed E-state index contributed by atoms with van der Waals surface area (Å²) < 4.78 is 34.8. The van der Waals surface area contributed by atoms with Crippen LogP contribution in [0.4, 0.5) is 14.6 Å². The molecule has 160 valence electrons. The second-order valence-electron chi connectivity index (χ2n) is 7.58. The number of hydrogen-bond acceptors (Lipinski definition) is 6. The van der Waals surface area contributed by atoms with Crippen molar-refractivity contribution in [2.45, 2.75) is 19.0 Å². The molecule has 0 saturated carbocycles. The lowest BCUT2D eigenvalue weighted by Crippen LogP contribution is -2.44. The Balaban J connectivity index is 1.74. The van der Waals surface area contributed by atoms with E-state index in [9.17, 15) is 8.78 Å². The molecule has 0 bridgehead atoms. The Hall–Kier alpha value is -3.37. The quantitative estimate of drug-likeness (QED) is 0.488. The van der Waals surface area contributed by atoms with Gasteiger partial charge in [-0.3, -0.25) is 10.8 Å². The van der Waals surface area contributed by atoms with E-state index in [4.69, 9.17) is 15.5 Å². The number of pyridine rings is 1. The molecule has 8 nitrogen and oxygen atoms in total. The summed E-state index contributed by atoms with van der Waals surface area (Å²) in [4.78, 5) is 7.02. The van der Waals surface area contributed by atoms with Gasteiger partial charge in [0.15, 0.2) is 11.5 Å². The number of rotatable bonds is 4. The highest BCUT2D eigenvalue weighted by molar-refractivity contribution is 5.95. The lowest BCUT2D eigenvalue weighted by Gasteiger charge is -2.34. The van der Waals surface area contributed by atoms with Crippen LogP contribution in [-0.4, -0.2) is 50.8 Å². The Labute approximate surface area is 176 Å². The van der Waals surface area contributed by atoms with Gasteiger partial charge in [0.05, 0.1) is 31.6 Å². The summed E-state index contributed by atoms with van der Waals surface area (Å²) in [5.41, 5.74) is 6.76. The van der Waals surface area contributed by atoms with E-state index >= 15 is 0 Å². The third-order valence-corrected chi connectivity index (χ3v) is 5.46. The van der Waals surface area contributed by atoms with Crippen LogP contribution in [0.5, 0.6) is 0 Å². The Morgan fingerprint density at radius 2 is 2.13 bits per heavy atom. The molecule has 1 aliphatic heterocycles. The number of ether oxygens (including phenoxy) is 1. The summed E-state index contributed by atoms with van der Waals surface area (Å²) in [6.45, 7) is 3.92. The number of aromatic amines is 1. The van der Waals surface area contributed by atoms with Crippen molar-refractivity contribution in [2.24, 2.45) is 5.73 Å². The van der Waals surface area contributed by atoms with Crippen molar-refractivity contribution in [2.75, 3.05) is 24.7 Å². The summed E-state index contributed by atoms with van der Waals surface area (Å²) in [5, 5.41) is 12.1. The van der Waals surface area contributed by atoms with Gasteiger partial charge in [-0.05, 0) is 30.2 Å². The van der Waals surface area contributed by atoms with Gasteiger partial charge in [0.2, 0.25) is 0 Å². The van der Waals surface area contributed by atoms with E-state index in [0.717, 1.165) is 16.8 Å². The molecule has 0 spiro atoms. The Kier molecular flexibility index (Phi) is 4.67. The zero-order valence-electron chi connectivity index (χ0n) is 16.8. The zero-order valence-corrected chi connectivity index (χ0v) is 16.8. The van der Waals surface area contributed by atoms with Crippen molar-refractivity contribution in [3.05, 3.63) is 54.4 Å². The topological polar surface area (TPSA) is 97.9 Å². The molecule has 0 radical (unpaired) electrons. The van der Waals surface area contributed by atoms with Gasteiger partial charge < -0.3 is 9.64 Å². The molecule has 1 saturated heterocycles. The van der Waals surface area contributed by atoms with E-state index in [-0.39, 0.29) is 11.6 Å². The minimum Gasteiger partial charge on any atom is -0.377 e. The summed E-state index contributed by atoms with van der Waals surface area (Å²) >= 11 is 0. The fraction of sp³-hybridized carbons (Fsp3) is 0.286. The number of halogens is 2. The zero-order chi connectivity index (χ0) is 21.6. The Bertz CT molecular complexity index is 1220. The van der Waals surface area contributed by atoms with Crippen LogP contribution in [0.2, 0.25) is 0 Å². The summed E-state index contributed by atoms with van der Waals surface area (Å²) in [5.74, 6) is 1.38. The van der Waals surface area contributed by atoms with Crippen LogP contribution in [0.25, 0.3) is 28.0 Å². The second-order valence-corrected chi connectivity index (χ2v) is 7.58. The summed E-state index contributed by atoms with van der Waals surface area (Å²) in [6.07, 6.45) is 3.31. The number of anilines is 1. The maximum absolute atomic E-state index is 13.8. The Morgan fingerprint density at radius 3 is 2.87 bits per heavy atom. The van der Waals surface area contributed by atoms with Gasteiger partial charge in [-0.15, -0.1) is 0 Å². The largest absolute Gasteiger partial charge is 0.377 e. The van der Waals surface area contributed by atoms with Gasteiger partial charge in [-0.2, -0.15) is 23.7 Å². The molecule has 1 aromatic carbocycles. The van der Waals surface area contributed by atoms with Gasteiger partial charge in [0, 0.05) is 23.6 Å². The number of H-pyrrole nitrogens is 1. The van der Waals surface area contributed by atoms with E-state index in [1.807, 2.05) is 6.07 Å². The smallest absolute Gasteiger partial charge is 0.326 e. The molecule has 0 aliphatic carbocycles. The average molecular weight is 425 g/mol. The SMILES string of the molecule is C[C@@H]1COCCN1c1cc(-c2cccc(C(N)(F)F)c2)c2cnn(-c3ccn[nH]3)c2n1. The number of nitrogens with zero attached hydrogens (tertiary/aromatic N) is 5. The first-order valence-electron chi connectivity index (χ1n) is 9.92. The summed E-state index contributed by atoms with van der Waals surface area (Å²) in [6, 6.07) is 6.48. The molecular formula is C21H21F2N7O. The third kappa shape index (κ3) is 3.53. The standard InChI is InChI=1S/C21H21F2N7O/c1-13-12-31-8-7-29(13)19-10-16(14-3-2-4-15(9-14)21(22,23)24)17-11-26-30(20(17)27-19)18-5-6-25-28-18/h2-6,9-11,13H,7-8,12,24H2,1H3,(H,25,28)/t13-/m1/s1. The van der Waals surface area contributed by atoms with Crippen LogP contribution in [0.1, 0.15) is 12.5 Å². The first kappa shape index (κ1) is 19.6. The third-order valence-electron chi connectivity index (χ3n) is 5.46.